The van der Waals surface area contributed by atoms with Crippen LogP contribution in [0.4, 0.5) is 5.69 Å². The van der Waals surface area contributed by atoms with Crippen molar-refractivity contribution >= 4 is 33.7 Å². The lowest BCUT2D eigenvalue weighted by molar-refractivity contribution is 0.102. The number of para-hydroxylation sites is 1. The summed E-state index contributed by atoms with van der Waals surface area (Å²) in [6.45, 7) is 2.83. The Morgan fingerprint density at radius 1 is 0.972 bits per heavy atom. The molecule has 2 heterocycles. The van der Waals surface area contributed by atoms with Gasteiger partial charge in [0.1, 0.15) is 5.76 Å². The molecule has 0 spiro atoms. The smallest absolute Gasteiger partial charge is 0.419 e. The Bertz CT molecular complexity index is 1710. The predicted octanol–water partition coefficient (Wildman–Crippen LogP) is 4.49. The molecule has 0 aliphatic carbocycles. The van der Waals surface area contributed by atoms with Gasteiger partial charge in [0.2, 0.25) is 0 Å². The number of anilines is 1. The highest BCUT2D eigenvalue weighted by atomic mass is 16.4. The zero-order chi connectivity index (χ0) is 25.4. The van der Waals surface area contributed by atoms with Crippen LogP contribution in [0, 0.1) is 6.92 Å². The average molecular weight is 484 g/mol. The first-order valence-electron chi connectivity index (χ1n) is 11.5. The van der Waals surface area contributed by atoms with Gasteiger partial charge >= 0.3 is 5.76 Å². The van der Waals surface area contributed by atoms with Gasteiger partial charge in [0.25, 0.3) is 5.91 Å². The van der Waals surface area contributed by atoms with Crippen molar-refractivity contribution in [1.29, 1.82) is 0 Å². The van der Waals surface area contributed by atoms with Gasteiger partial charge in [-0.2, -0.15) is 0 Å². The molecule has 36 heavy (non-hydrogen) atoms. The van der Waals surface area contributed by atoms with Crippen molar-refractivity contribution in [3.8, 4) is 11.3 Å². The Kier molecular flexibility index (Phi) is 6.03. The molecule has 182 valence electrons. The van der Waals surface area contributed by atoms with Crippen LogP contribution in [-0.4, -0.2) is 36.0 Å². The molecule has 0 fully saturated rings. The molecule has 0 radical (unpaired) electrons. The third kappa shape index (κ3) is 4.23. The van der Waals surface area contributed by atoms with E-state index in [0.29, 0.717) is 46.6 Å². The molecular weight excluding hydrogens is 458 g/mol. The lowest BCUT2D eigenvalue weighted by Crippen LogP contribution is -2.23. The van der Waals surface area contributed by atoms with E-state index in [4.69, 9.17) is 8.83 Å². The van der Waals surface area contributed by atoms with Crippen molar-refractivity contribution in [2.24, 2.45) is 0 Å². The van der Waals surface area contributed by atoms with Crippen LogP contribution in [0.25, 0.3) is 33.4 Å². The Balaban J connectivity index is 1.55. The molecule has 3 aromatic carbocycles. The van der Waals surface area contributed by atoms with Crippen molar-refractivity contribution in [1.82, 2.24) is 9.47 Å². The number of rotatable bonds is 6. The molecule has 2 aromatic heterocycles. The van der Waals surface area contributed by atoms with E-state index in [1.165, 1.54) is 4.57 Å². The second kappa shape index (κ2) is 9.31. The van der Waals surface area contributed by atoms with Gasteiger partial charge in [0.05, 0.1) is 16.5 Å². The molecule has 5 rings (SSSR count). The summed E-state index contributed by atoms with van der Waals surface area (Å²) in [4.78, 5) is 40.7. The summed E-state index contributed by atoms with van der Waals surface area (Å²) >= 11 is 0. The van der Waals surface area contributed by atoms with Gasteiger partial charge in [-0.15, -0.1) is 0 Å². The number of nitrogens with one attached hydrogen (secondary N) is 1. The van der Waals surface area contributed by atoms with E-state index < -0.39 is 11.7 Å². The number of likely N-dealkylation sites (N-methyl/N-ethyl adjacent to an activating group) is 1. The van der Waals surface area contributed by atoms with Crippen LogP contribution in [0.5, 0.6) is 0 Å². The fourth-order valence-electron chi connectivity index (χ4n) is 4.20. The van der Waals surface area contributed by atoms with Crippen molar-refractivity contribution < 1.29 is 13.6 Å². The zero-order valence-corrected chi connectivity index (χ0v) is 20.2. The van der Waals surface area contributed by atoms with E-state index in [0.717, 1.165) is 5.56 Å². The molecule has 8 heteroatoms. The van der Waals surface area contributed by atoms with Gasteiger partial charge < -0.3 is 19.1 Å². The number of carbonyl (C=O) groups is 1. The molecule has 0 saturated carbocycles. The van der Waals surface area contributed by atoms with Gasteiger partial charge in [0, 0.05) is 29.9 Å². The molecule has 1 amide bonds. The van der Waals surface area contributed by atoms with E-state index in [2.05, 4.69) is 5.32 Å². The first-order chi connectivity index (χ1) is 17.3. The minimum absolute atomic E-state index is 0.186. The van der Waals surface area contributed by atoms with Crippen LogP contribution in [0.1, 0.15) is 15.9 Å². The molecule has 0 atom stereocenters. The van der Waals surface area contributed by atoms with Gasteiger partial charge in [-0.05, 0) is 51.4 Å². The number of nitrogens with zero attached hydrogens (tertiary/aromatic N) is 2. The monoisotopic (exact) mass is 483 g/mol. The molecule has 5 aromatic rings. The maximum absolute atomic E-state index is 13.3. The number of aromatic nitrogens is 1. The average Bonchev–Trinajstić information content (AvgIpc) is 3.19. The summed E-state index contributed by atoms with van der Waals surface area (Å²) in [5.74, 6) is -0.454. The van der Waals surface area contributed by atoms with Crippen LogP contribution >= 0.6 is 0 Å². The lowest BCUT2D eigenvalue weighted by atomic mass is 10.0. The summed E-state index contributed by atoms with van der Waals surface area (Å²) in [5.41, 5.74) is 3.02. The standard InChI is InChI=1S/C28H25N3O5/c1-17-24(32)20-10-7-11-21(26(20)36-25(17)18-8-5-4-6-9-18)27(33)29-19-12-13-23-22(16-19)31(28(34)35-23)15-14-30(2)3/h4-13,16H,14-15H2,1-3H3,(H,29,33). The normalized spacial score (nSPS) is 11.4. The van der Waals surface area contributed by atoms with E-state index in [-0.39, 0.29) is 16.6 Å². The summed E-state index contributed by atoms with van der Waals surface area (Å²) in [7, 11) is 3.85. The lowest BCUT2D eigenvalue weighted by Gasteiger charge is -2.11. The summed E-state index contributed by atoms with van der Waals surface area (Å²) < 4.78 is 13.0. The molecule has 0 unspecified atom stereocenters. The minimum Gasteiger partial charge on any atom is -0.455 e. The number of carbonyl (C=O) groups excluding carboxylic acids is 1. The highest BCUT2D eigenvalue weighted by Crippen LogP contribution is 2.28. The third-order valence-corrected chi connectivity index (χ3v) is 6.12. The predicted molar refractivity (Wildman–Crippen MR) is 140 cm³/mol. The number of hydrogen-bond acceptors (Lipinski definition) is 6. The van der Waals surface area contributed by atoms with Crippen molar-refractivity contribution in [2.75, 3.05) is 26.0 Å². The third-order valence-electron chi connectivity index (χ3n) is 6.12. The Morgan fingerprint density at radius 2 is 1.75 bits per heavy atom. The van der Waals surface area contributed by atoms with E-state index >= 15 is 0 Å². The van der Waals surface area contributed by atoms with E-state index in [1.807, 2.05) is 49.3 Å². The number of hydrogen-bond donors (Lipinski definition) is 1. The number of fused-ring (bicyclic) bond motifs is 2. The van der Waals surface area contributed by atoms with E-state index in [9.17, 15) is 14.4 Å². The van der Waals surface area contributed by atoms with Crippen LogP contribution in [-0.2, 0) is 6.54 Å². The van der Waals surface area contributed by atoms with E-state index in [1.54, 1.807) is 43.3 Å². The number of benzene rings is 3. The van der Waals surface area contributed by atoms with Gasteiger partial charge in [-0.1, -0.05) is 36.4 Å². The Labute approximate surface area is 206 Å². The van der Waals surface area contributed by atoms with Crippen LogP contribution in [0.2, 0.25) is 0 Å². The maximum Gasteiger partial charge on any atom is 0.419 e. The highest BCUT2D eigenvalue weighted by molar-refractivity contribution is 6.11. The molecule has 0 saturated heterocycles. The SMILES string of the molecule is Cc1c(-c2ccccc2)oc2c(C(=O)Nc3ccc4oc(=O)n(CCN(C)C)c4c3)cccc2c1=O. The first kappa shape index (κ1) is 23.3. The quantitative estimate of drug-likeness (QED) is 0.382. The Morgan fingerprint density at radius 3 is 2.50 bits per heavy atom. The second-order valence-electron chi connectivity index (χ2n) is 8.89. The highest BCUT2D eigenvalue weighted by Gasteiger charge is 2.19. The summed E-state index contributed by atoms with van der Waals surface area (Å²) in [5, 5.41) is 3.20. The van der Waals surface area contributed by atoms with Crippen LogP contribution in [0.15, 0.2) is 85.2 Å². The van der Waals surface area contributed by atoms with Gasteiger partial charge in [-0.3, -0.25) is 14.2 Å². The van der Waals surface area contributed by atoms with Crippen LogP contribution < -0.4 is 16.5 Å². The second-order valence-corrected chi connectivity index (χ2v) is 8.89. The summed E-state index contributed by atoms with van der Waals surface area (Å²) in [6.07, 6.45) is 0. The molecule has 0 aliphatic heterocycles. The molecule has 1 N–H and O–H groups in total. The number of oxazole rings is 1. The summed E-state index contributed by atoms with van der Waals surface area (Å²) in [6, 6.07) is 19.3. The van der Waals surface area contributed by atoms with Crippen molar-refractivity contribution in [2.45, 2.75) is 13.5 Å². The van der Waals surface area contributed by atoms with Gasteiger partial charge in [-0.25, -0.2) is 4.79 Å². The minimum atomic E-state index is -0.449. The molecule has 0 aliphatic rings. The first-order valence-corrected chi connectivity index (χ1v) is 11.5. The number of amides is 1. The Hall–Kier alpha value is -4.43. The molecule has 0 bridgehead atoms. The molecular formula is C28H25N3O5. The van der Waals surface area contributed by atoms with Crippen molar-refractivity contribution in [3.05, 3.63) is 98.6 Å². The zero-order valence-electron chi connectivity index (χ0n) is 20.2. The maximum atomic E-state index is 13.3. The fourth-order valence-corrected chi connectivity index (χ4v) is 4.20. The van der Waals surface area contributed by atoms with Gasteiger partial charge in [0.15, 0.2) is 16.6 Å². The fraction of sp³-hybridized carbons (Fsp3) is 0.179. The van der Waals surface area contributed by atoms with Crippen LogP contribution in [0.3, 0.4) is 0 Å². The largest absolute Gasteiger partial charge is 0.455 e. The topological polar surface area (TPSA) is 97.7 Å². The molecule has 8 nitrogen and oxygen atoms in total. The van der Waals surface area contributed by atoms with Crippen molar-refractivity contribution in [3.63, 3.8) is 0 Å².